The number of carbonyl (C=O) groups excluding carboxylic acids is 1. The summed E-state index contributed by atoms with van der Waals surface area (Å²) in [5.74, 6) is -0.104. The average Bonchev–Trinajstić information content (AvgIpc) is 2.30. The highest BCUT2D eigenvalue weighted by Crippen LogP contribution is 1.83. The number of hydrogen-bond donors (Lipinski definition) is 1. The van der Waals surface area contributed by atoms with Gasteiger partial charge in [-0.25, -0.2) is 0 Å². The third kappa shape index (κ3) is 13.4. The Labute approximate surface area is 109 Å². The molecule has 0 aromatic carbocycles. The van der Waals surface area contributed by atoms with E-state index in [4.69, 9.17) is 18.9 Å². The summed E-state index contributed by atoms with van der Waals surface area (Å²) in [5, 5.41) is 2.74. The van der Waals surface area contributed by atoms with Crippen LogP contribution in [-0.2, 0) is 23.7 Å². The monoisotopic (exact) mass is 263 g/mol. The van der Waals surface area contributed by atoms with Gasteiger partial charge in [-0.3, -0.25) is 4.79 Å². The molecule has 0 aliphatic rings. The molecule has 0 bridgehead atoms. The summed E-state index contributed by atoms with van der Waals surface area (Å²) < 4.78 is 20.4. The minimum absolute atomic E-state index is 0.0753. The maximum atomic E-state index is 11.2. The highest BCUT2D eigenvalue weighted by molar-refractivity contribution is 5.77. The molecule has 18 heavy (non-hydrogen) atoms. The Morgan fingerprint density at radius 2 is 1.44 bits per heavy atom. The molecule has 1 N–H and O–H groups in total. The smallest absolute Gasteiger partial charge is 0.246 e. The van der Waals surface area contributed by atoms with Crippen molar-refractivity contribution in [3.8, 4) is 0 Å². The first-order valence-corrected chi connectivity index (χ1v) is 6.18. The molecule has 6 nitrogen and oxygen atoms in total. The summed E-state index contributed by atoms with van der Waals surface area (Å²) in [6.45, 7) is 6.98. The Kier molecular flexibility index (Phi) is 12.3. The van der Waals surface area contributed by atoms with Gasteiger partial charge in [0.15, 0.2) is 0 Å². The maximum absolute atomic E-state index is 11.2. The molecular formula is C12H25NO5. The molecule has 0 rings (SSSR count). The fourth-order valence-electron chi connectivity index (χ4n) is 1.11. The number of rotatable bonds is 12. The molecule has 6 heteroatoms. The lowest BCUT2D eigenvalue weighted by molar-refractivity contribution is -0.126. The summed E-state index contributed by atoms with van der Waals surface area (Å²) in [4.78, 5) is 11.2. The van der Waals surface area contributed by atoms with Crippen LogP contribution in [0.3, 0.4) is 0 Å². The number of amides is 1. The van der Waals surface area contributed by atoms with Gasteiger partial charge in [-0.15, -0.1) is 0 Å². The first-order valence-electron chi connectivity index (χ1n) is 6.18. The van der Waals surface area contributed by atoms with Crippen molar-refractivity contribution in [1.29, 1.82) is 0 Å². The molecule has 0 heterocycles. The second-order valence-electron chi connectivity index (χ2n) is 3.99. The Morgan fingerprint density at radius 3 is 1.94 bits per heavy atom. The van der Waals surface area contributed by atoms with Gasteiger partial charge in [0.05, 0.1) is 39.6 Å². The van der Waals surface area contributed by atoms with Crippen molar-refractivity contribution in [1.82, 2.24) is 5.32 Å². The summed E-state index contributed by atoms with van der Waals surface area (Å²) in [7, 11) is 1.63. The van der Waals surface area contributed by atoms with E-state index in [1.165, 1.54) is 0 Å². The lowest BCUT2D eigenvalue weighted by atomic mass is 10.4. The van der Waals surface area contributed by atoms with Gasteiger partial charge in [0.2, 0.25) is 5.91 Å². The maximum Gasteiger partial charge on any atom is 0.246 e. The van der Waals surface area contributed by atoms with Crippen LogP contribution < -0.4 is 5.32 Å². The standard InChI is InChI=1S/C12H25NO5/c1-11(2)13-12(14)10-18-9-8-17-7-6-16-5-4-15-3/h11H,4-10H2,1-3H3,(H,13,14). The van der Waals surface area contributed by atoms with Crippen LogP contribution in [-0.4, -0.2) is 65.3 Å². The summed E-state index contributed by atoms with van der Waals surface area (Å²) in [5.41, 5.74) is 0. The predicted molar refractivity (Wildman–Crippen MR) is 67.6 cm³/mol. The van der Waals surface area contributed by atoms with Crippen molar-refractivity contribution in [2.75, 3.05) is 53.4 Å². The molecule has 0 aliphatic heterocycles. The van der Waals surface area contributed by atoms with E-state index in [1.807, 2.05) is 13.8 Å². The Morgan fingerprint density at radius 1 is 0.944 bits per heavy atom. The van der Waals surface area contributed by atoms with E-state index >= 15 is 0 Å². The second-order valence-corrected chi connectivity index (χ2v) is 3.99. The molecule has 108 valence electrons. The normalized spacial score (nSPS) is 10.9. The minimum atomic E-state index is -0.104. The van der Waals surface area contributed by atoms with Crippen LogP contribution in [0.4, 0.5) is 0 Å². The fourth-order valence-corrected chi connectivity index (χ4v) is 1.11. The Bertz CT molecular complexity index is 199. The van der Waals surface area contributed by atoms with Crippen molar-refractivity contribution >= 4 is 5.91 Å². The van der Waals surface area contributed by atoms with Gasteiger partial charge in [-0.1, -0.05) is 0 Å². The number of hydrogen-bond acceptors (Lipinski definition) is 5. The van der Waals surface area contributed by atoms with Gasteiger partial charge in [0.25, 0.3) is 0 Å². The quantitative estimate of drug-likeness (QED) is 0.510. The summed E-state index contributed by atoms with van der Waals surface area (Å²) >= 11 is 0. The van der Waals surface area contributed by atoms with E-state index < -0.39 is 0 Å². The van der Waals surface area contributed by atoms with E-state index in [9.17, 15) is 4.79 Å². The minimum Gasteiger partial charge on any atom is -0.382 e. The molecule has 0 atom stereocenters. The van der Waals surface area contributed by atoms with E-state index in [1.54, 1.807) is 7.11 Å². The van der Waals surface area contributed by atoms with Crippen LogP contribution in [0.5, 0.6) is 0 Å². The Balaban J connectivity index is 3.09. The van der Waals surface area contributed by atoms with Crippen molar-refractivity contribution in [3.05, 3.63) is 0 Å². The van der Waals surface area contributed by atoms with Gasteiger partial charge in [0, 0.05) is 13.2 Å². The highest BCUT2D eigenvalue weighted by Gasteiger charge is 2.02. The molecule has 0 spiro atoms. The van der Waals surface area contributed by atoms with Crippen molar-refractivity contribution in [2.45, 2.75) is 19.9 Å². The number of methoxy groups -OCH3 is 1. The van der Waals surface area contributed by atoms with Crippen LogP contribution >= 0.6 is 0 Å². The molecule has 0 aromatic heterocycles. The number of ether oxygens (including phenoxy) is 4. The molecular weight excluding hydrogens is 238 g/mol. The lowest BCUT2D eigenvalue weighted by Crippen LogP contribution is -2.33. The predicted octanol–water partition coefficient (Wildman–Crippen LogP) is 0.207. The van der Waals surface area contributed by atoms with Gasteiger partial charge < -0.3 is 24.3 Å². The lowest BCUT2D eigenvalue weighted by Gasteiger charge is -2.09. The van der Waals surface area contributed by atoms with E-state index in [2.05, 4.69) is 5.32 Å². The molecule has 0 radical (unpaired) electrons. The number of nitrogens with one attached hydrogen (secondary N) is 1. The van der Waals surface area contributed by atoms with Crippen LogP contribution in [0.15, 0.2) is 0 Å². The van der Waals surface area contributed by atoms with Crippen molar-refractivity contribution in [2.24, 2.45) is 0 Å². The summed E-state index contributed by atoms with van der Waals surface area (Å²) in [6.07, 6.45) is 0. The van der Waals surface area contributed by atoms with Crippen LogP contribution in [0.1, 0.15) is 13.8 Å². The third-order valence-electron chi connectivity index (χ3n) is 1.86. The van der Waals surface area contributed by atoms with Crippen molar-refractivity contribution in [3.63, 3.8) is 0 Å². The molecule has 1 amide bonds. The zero-order chi connectivity index (χ0) is 13.6. The largest absolute Gasteiger partial charge is 0.382 e. The van der Waals surface area contributed by atoms with Crippen LogP contribution in [0.25, 0.3) is 0 Å². The first kappa shape index (κ1) is 17.3. The fraction of sp³-hybridized carbons (Fsp3) is 0.917. The zero-order valence-electron chi connectivity index (χ0n) is 11.6. The highest BCUT2D eigenvalue weighted by atomic mass is 16.6. The second kappa shape index (κ2) is 12.8. The van der Waals surface area contributed by atoms with Crippen LogP contribution in [0, 0.1) is 0 Å². The topological polar surface area (TPSA) is 66.0 Å². The van der Waals surface area contributed by atoms with Crippen molar-refractivity contribution < 1.29 is 23.7 Å². The van der Waals surface area contributed by atoms with E-state index in [-0.39, 0.29) is 18.6 Å². The van der Waals surface area contributed by atoms with Gasteiger partial charge in [0.1, 0.15) is 6.61 Å². The molecule has 0 aliphatic carbocycles. The molecule has 0 unspecified atom stereocenters. The SMILES string of the molecule is COCCOCCOCCOCC(=O)NC(C)C. The van der Waals surface area contributed by atoms with E-state index in [0.717, 1.165) is 0 Å². The summed E-state index contributed by atoms with van der Waals surface area (Å²) in [6, 6.07) is 0.140. The molecule has 0 saturated heterocycles. The zero-order valence-corrected chi connectivity index (χ0v) is 11.6. The third-order valence-corrected chi connectivity index (χ3v) is 1.86. The molecule has 0 saturated carbocycles. The average molecular weight is 263 g/mol. The van der Waals surface area contributed by atoms with E-state index in [0.29, 0.717) is 39.6 Å². The Hall–Kier alpha value is -0.690. The van der Waals surface area contributed by atoms with Crippen LogP contribution in [0.2, 0.25) is 0 Å². The molecule has 0 fully saturated rings. The van der Waals surface area contributed by atoms with Gasteiger partial charge in [-0.05, 0) is 13.8 Å². The first-order chi connectivity index (χ1) is 8.66. The van der Waals surface area contributed by atoms with Gasteiger partial charge in [-0.2, -0.15) is 0 Å². The van der Waals surface area contributed by atoms with Gasteiger partial charge >= 0.3 is 0 Å². The molecule has 0 aromatic rings. The number of carbonyl (C=O) groups is 1.